The van der Waals surface area contributed by atoms with Gasteiger partial charge in [-0.05, 0) is 50.6 Å². The highest BCUT2D eigenvalue weighted by molar-refractivity contribution is 9.10. The third kappa shape index (κ3) is 5.08. The van der Waals surface area contributed by atoms with Crippen LogP contribution in [0.5, 0.6) is 0 Å². The number of fused-ring (bicyclic) bond motifs is 1. The molecule has 2 aromatic rings. The Morgan fingerprint density at radius 3 is 2.27 bits per heavy atom. The summed E-state index contributed by atoms with van der Waals surface area (Å²) in [6.45, 7) is 15.0. The Hall–Kier alpha value is -1.85. The van der Waals surface area contributed by atoms with Crippen LogP contribution in [0.15, 0.2) is 56.6 Å². The molecule has 1 aromatic carbocycles. The van der Waals surface area contributed by atoms with Gasteiger partial charge in [0.1, 0.15) is 0 Å². The Morgan fingerprint density at radius 2 is 1.73 bits per heavy atom. The largest absolute Gasteiger partial charge is 0.352 e. The lowest BCUT2D eigenvalue weighted by molar-refractivity contribution is 0.427. The average molecular weight is 420 g/mol. The van der Waals surface area contributed by atoms with Crippen LogP contribution in [0.3, 0.4) is 0 Å². The molecule has 0 saturated heterocycles. The number of hydrogen-bond donors (Lipinski definition) is 1. The van der Waals surface area contributed by atoms with Crippen molar-refractivity contribution >= 4 is 27.4 Å². The molecule has 0 bridgehead atoms. The highest BCUT2D eigenvalue weighted by Crippen LogP contribution is 2.52. The first-order valence-electron chi connectivity index (χ1n) is 9.23. The number of hydrazine groups is 1. The van der Waals surface area contributed by atoms with Gasteiger partial charge >= 0.3 is 0 Å². The van der Waals surface area contributed by atoms with E-state index in [4.69, 9.17) is 4.52 Å². The van der Waals surface area contributed by atoms with E-state index in [0.717, 1.165) is 33.8 Å². The van der Waals surface area contributed by atoms with Gasteiger partial charge in [-0.2, -0.15) is 0 Å². The molecule has 0 spiro atoms. The quantitative estimate of drug-likeness (QED) is 0.417. The molecule has 3 rings (SSSR count). The lowest BCUT2D eigenvalue weighted by Crippen LogP contribution is -2.26. The van der Waals surface area contributed by atoms with Gasteiger partial charge in [0.15, 0.2) is 11.4 Å². The molecule has 26 heavy (non-hydrogen) atoms. The van der Waals surface area contributed by atoms with Crippen LogP contribution in [0, 0.1) is 0 Å². The first-order chi connectivity index (χ1) is 12.7. The zero-order valence-corrected chi connectivity index (χ0v) is 18.4. The van der Waals surface area contributed by atoms with E-state index in [2.05, 4.69) is 59.4 Å². The molecular weight excluding hydrogens is 390 g/mol. The summed E-state index contributed by atoms with van der Waals surface area (Å²) in [7, 11) is 0. The van der Waals surface area contributed by atoms with E-state index in [9.17, 15) is 0 Å². The zero-order valence-electron chi connectivity index (χ0n) is 16.9. The Labute approximate surface area is 166 Å². The molecule has 0 saturated carbocycles. The molecule has 142 valence electrons. The Balaban J connectivity index is 0.000000791. The number of allylic oxidation sites excluding steroid dienone is 2. The van der Waals surface area contributed by atoms with E-state index in [1.54, 1.807) is 0 Å². The lowest BCUT2D eigenvalue weighted by atomic mass is 10.1. The van der Waals surface area contributed by atoms with Gasteiger partial charge in [-0.1, -0.05) is 66.5 Å². The van der Waals surface area contributed by atoms with Crippen LogP contribution >= 0.6 is 15.9 Å². The molecule has 4 nitrogen and oxygen atoms in total. The first kappa shape index (κ1) is 22.2. The molecule has 5 heteroatoms. The van der Waals surface area contributed by atoms with E-state index < -0.39 is 0 Å². The molecule has 0 fully saturated rings. The van der Waals surface area contributed by atoms with E-state index >= 15 is 0 Å². The number of nitrogens with zero attached hydrogens (tertiary/aromatic N) is 2. The number of benzene rings is 1. The van der Waals surface area contributed by atoms with Gasteiger partial charge < -0.3 is 4.52 Å². The number of anilines is 2. The molecule has 2 heterocycles. The van der Waals surface area contributed by atoms with Crippen LogP contribution in [-0.2, 0) is 0 Å². The summed E-state index contributed by atoms with van der Waals surface area (Å²) in [6, 6.07) is 8.03. The minimum Gasteiger partial charge on any atom is -0.352 e. The molecular formula is C21H30BrN3O. The molecule has 0 amide bonds. The second kappa shape index (κ2) is 11.0. The number of rotatable bonds is 5. The van der Waals surface area contributed by atoms with Gasteiger partial charge in [0, 0.05) is 16.6 Å². The topological polar surface area (TPSA) is 41.1 Å². The minimum absolute atomic E-state index is 0.767. The summed E-state index contributed by atoms with van der Waals surface area (Å²) in [4.78, 5) is 0. The monoisotopic (exact) mass is 419 g/mol. The van der Waals surface area contributed by atoms with Crippen molar-refractivity contribution in [3.8, 4) is 11.3 Å². The fourth-order valence-electron chi connectivity index (χ4n) is 2.34. The molecule has 1 aliphatic rings. The number of halogens is 1. The molecule has 1 aliphatic heterocycles. The molecule has 0 radical (unpaired) electrons. The van der Waals surface area contributed by atoms with Crippen LogP contribution < -0.4 is 10.4 Å². The normalized spacial score (nSPS) is 12.5. The van der Waals surface area contributed by atoms with E-state index in [1.165, 1.54) is 11.1 Å². The smallest absolute Gasteiger partial charge is 0.217 e. The third-order valence-electron chi connectivity index (χ3n) is 3.86. The van der Waals surface area contributed by atoms with Gasteiger partial charge in [0.05, 0.1) is 0 Å². The molecule has 1 aromatic heterocycles. The van der Waals surface area contributed by atoms with Crippen LogP contribution in [0.2, 0.25) is 0 Å². The van der Waals surface area contributed by atoms with Crippen molar-refractivity contribution in [3.05, 3.63) is 52.0 Å². The van der Waals surface area contributed by atoms with E-state index in [1.807, 2.05) is 57.0 Å². The second-order valence-corrected chi connectivity index (χ2v) is 6.06. The van der Waals surface area contributed by atoms with Gasteiger partial charge in [0.25, 0.3) is 0 Å². The maximum atomic E-state index is 5.42. The van der Waals surface area contributed by atoms with Gasteiger partial charge in [0.2, 0.25) is 5.82 Å². The fourth-order valence-corrected chi connectivity index (χ4v) is 2.60. The standard InChI is InChI=1S/C17H18BrN3O.2C2H6/c1-4-11(3)12(5-2)10-19-21-15-16(22-20-17(15)21)13-6-8-14(18)9-7-13;2*1-2/h4-9,19H,10H2,1-3H3;2*1-2H3/b11-4-,12-5-;;. The summed E-state index contributed by atoms with van der Waals surface area (Å²) in [5.41, 5.74) is 7.99. The maximum Gasteiger partial charge on any atom is 0.217 e. The van der Waals surface area contributed by atoms with Gasteiger partial charge in [-0.3, -0.25) is 0 Å². The number of nitrogens with one attached hydrogen (secondary N) is 1. The van der Waals surface area contributed by atoms with Crippen molar-refractivity contribution in [2.24, 2.45) is 0 Å². The number of hydrogen-bond acceptors (Lipinski definition) is 4. The third-order valence-corrected chi connectivity index (χ3v) is 4.39. The highest BCUT2D eigenvalue weighted by atomic mass is 79.9. The van der Waals surface area contributed by atoms with Crippen molar-refractivity contribution in [2.75, 3.05) is 11.6 Å². The fraction of sp³-hybridized carbons (Fsp3) is 0.381. The van der Waals surface area contributed by atoms with Crippen molar-refractivity contribution in [1.29, 1.82) is 0 Å². The van der Waals surface area contributed by atoms with Crippen molar-refractivity contribution in [3.63, 3.8) is 0 Å². The lowest BCUT2D eigenvalue weighted by Gasteiger charge is -2.11. The Bertz CT molecular complexity index is 745. The van der Waals surface area contributed by atoms with Crippen molar-refractivity contribution < 1.29 is 4.52 Å². The van der Waals surface area contributed by atoms with Gasteiger partial charge in [-0.15, -0.1) is 0 Å². The summed E-state index contributed by atoms with van der Waals surface area (Å²) >= 11 is 3.44. The van der Waals surface area contributed by atoms with Crippen LogP contribution in [0.4, 0.5) is 11.5 Å². The number of aromatic nitrogens is 1. The van der Waals surface area contributed by atoms with E-state index in [-0.39, 0.29) is 0 Å². The van der Waals surface area contributed by atoms with Crippen LogP contribution in [0.1, 0.15) is 48.5 Å². The Morgan fingerprint density at radius 1 is 1.12 bits per heavy atom. The highest BCUT2D eigenvalue weighted by Gasteiger charge is 2.40. The summed E-state index contributed by atoms with van der Waals surface area (Å²) in [5.74, 6) is 1.67. The SMILES string of the molecule is C/C=C(C)\C(=C/C)CNN1c2noc(-c3ccc(Br)cc3)c21.CC.CC. The minimum atomic E-state index is 0.767. The van der Waals surface area contributed by atoms with Crippen LogP contribution in [-0.4, -0.2) is 11.7 Å². The van der Waals surface area contributed by atoms with Crippen LogP contribution in [0.25, 0.3) is 11.3 Å². The molecule has 0 aliphatic carbocycles. The average Bonchev–Trinajstić information content (AvgIpc) is 3.20. The van der Waals surface area contributed by atoms with Crippen molar-refractivity contribution in [1.82, 2.24) is 10.6 Å². The predicted molar refractivity (Wildman–Crippen MR) is 116 cm³/mol. The summed E-state index contributed by atoms with van der Waals surface area (Å²) < 4.78 is 6.47. The Kier molecular flexibility index (Phi) is 9.38. The second-order valence-electron chi connectivity index (χ2n) is 5.15. The summed E-state index contributed by atoms with van der Waals surface area (Å²) in [5, 5.41) is 6.08. The first-order valence-corrected chi connectivity index (χ1v) is 10.0. The predicted octanol–water partition coefficient (Wildman–Crippen LogP) is 7.03. The van der Waals surface area contributed by atoms with Gasteiger partial charge in [-0.25, -0.2) is 10.4 Å². The molecule has 0 unspecified atom stereocenters. The summed E-state index contributed by atoms with van der Waals surface area (Å²) in [6.07, 6.45) is 4.25. The maximum absolute atomic E-state index is 5.42. The van der Waals surface area contributed by atoms with Crippen molar-refractivity contribution in [2.45, 2.75) is 48.5 Å². The molecule has 0 atom stereocenters. The molecule has 1 N–H and O–H groups in total. The zero-order chi connectivity index (χ0) is 19.7. The van der Waals surface area contributed by atoms with E-state index in [0.29, 0.717) is 0 Å².